The number of phenols is 1. The van der Waals surface area contributed by atoms with Crippen molar-refractivity contribution in [1.82, 2.24) is 5.43 Å². The van der Waals surface area contributed by atoms with Gasteiger partial charge in [0.2, 0.25) is 0 Å². The van der Waals surface area contributed by atoms with E-state index in [2.05, 4.69) is 26.5 Å². The Hall–Kier alpha value is -3.16. The number of methoxy groups -OCH3 is 1. The van der Waals surface area contributed by atoms with Crippen LogP contribution in [0.25, 0.3) is 0 Å². The second kappa shape index (κ2) is 8.89. The molecule has 0 atom stereocenters. The molecule has 148 valence electrons. The first kappa shape index (κ1) is 20.6. The number of ether oxygens (including phenoxy) is 1. The number of carbonyl (C=O) groups is 1. The summed E-state index contributed by atoms with van der Waals surface area (Å²) < 4.78 is 5.77. The molecule has 3 N–H and O–H groups in total. The van der Waals surface area contributed by atoms with Crippen molar-refractivity contribution in [2.24, 2.45) is 5.10 Å². The summed E-state index contributed by atoms with van der Waals surface area (Å²) in [6, 6.07) is 20.5. The van der Waals surface area contributed by atoms with Gasteiger partial charge in [0.15, 0.2) is 17.1 Å². The van der Waals surface area contributed by atoms with E-state index < -0.39 is 11.5 Å². The lowest BCUT2D eigenvalue weighted by Gasteiger charge is -2.27. The average Bonchev–Trinajstić information content (AvgIpc) is 2.76. The summed E-state index contributed by atoms with van der Waals surface area (Å²) in [5.74, 6) is -0.583. The van der Waals surface area contributed by atoms with E-state index in [1.54, 1.807) is 72.8 Å². The highest BCUT2D eigenvalue weighted by Crippen LogP contribution is 2.33. The van der Waals surface area contributed by atoms with Crippen LogP contribution in [-0.4, -0.2) is 29.4 Å². The lowest BCUT2D eigenvalue weighted by molar-refractivity contribution is -0.136. The van der Waals surface area contributed by atoms with E-state index >= 15 is 0 Å². The molecule has 7 heteroatoms. The number of aromatic hydroxyl groups is 1. The SMILES string of the molecule is COc1cc(Br)cc(/C=N\NC(=O)C(O)(c2ccccc2)c2ccccc2)c1O. The van der Waals surface area contributed by atoms with Gasteiger partial charge in [-0.1, -0.05) is 76.6 Å². The summed E-state index contributed by atoms with van der Waals surface area (Å²) in [4.78, 5) is 13.0. The Morgan fingerprint density at radius 1 is 1.07 bits per heavy atom. The topological polar surface area (TPSA) is 91.2 Å². The third kappa shape index (κ3) is 4.31. The van der Waals surface area contributed by atoms with Gasteiger partial charge in [-0.05, 0) is 23.3 Å². The molecule has 0 aliphatic carbocycles. The summed E-state index contributed by atoms with van der Waals surface area (Å²) >= 11 is 3.32. The molecule has 1 amide bonds. The number of phenolic OH excluding ortho intramolecular Hbond substituents is 1. The minimum atomic E-state index is -1.93. The second-order valence-electron chi connectivity index (χ2n) is 6.19. The van der Waals surface area contributed by atoms with Crippen molar-refractivity contribution in [2.75, 3.05) is 7.11 Å². The van der Waals surface area contributed by atoms with Crippen molar-refractivity contribution in [2.45, 2.75) is 5.60 Å². The molecule has 6 nitrogen and oxygen atoms in total. The number of hydrogen-bond acceptors (Lipinski definition) is 5. The number of aliphatic hydroxyl groups is 1. The van der Waals surface area contributed by atoms with Crippen LogP contribution in [-0.2, 0) is 10.4 Å². The molecule has 0 fully saturated rings. The van der Waals surface area contributed by atoms with Crippen molar-refractivity contribution in [3.05, 3.63) is 94.0 Å². The van der Waals surface area contributed by atoms with Crippen molar-refractivity contribution < 1.29 is 19.7 Å². The molecule has 0 heterocycles. The van der Waals surface area contributed by atoms with E-state index in [-0.39, 0.29) is 11.5 Å². The molecule has 0 saturated heterocycles. The highest BCUT2D eigenvalue weighted by atomic mass is 79.9. The van der Waals surface area contributed by atoms with Crippen LogP contribution in [0.4, 0.5) is 0 Å². The molecule has 29 heavy (non-hydrogen) atoms. The Morgan fingerprint density at radius 2 is 1.62 bits per heavy atom. The Bertz CT molecular complexity index is 984. The summed E-state index contributed by atoms with van der Waals surface area (Å²) in [6.07, 6.45) is 1.27. The molecule has 0 aromatic heterocycles. The monoisotopic (exact) mass is 454 g/mol. The Balaban J connectivity index is 1.91. The van der Waals surface area contributed by atoms with Crippen molar-refractivity contribution in [1.29, 1.82) is 0 Å². The van der Waals surface area contributed by atoms with Crippen molar-refractivity contribution in [3.63, 3.8) is 0 Å². The van der Waals surface area contributed by atoms with Crippen LogP contribution in [0.1, 0.15) is 16.7 Å². The van der Waals surface area contributed by atoms with Gasteiger partial charge in [0.1, 0.15) is 0 Å². The van der Waals surface area contributed by atoms with Crippen LogP contribution in [0.2, 0.25) is 0 Å². The van der Waals surface area contributed by atoms with Gasteiger partial charge in [0.05, 0.1) is 13.3 Å². The lowest BCUT2D eigenvalue weighted by atomic mass is 9.85. The van der Waals surface area contributed by atoms with Crippen LogP contribution in [0.3, 0.4) is 0 Å². The normalized spacial score (nSPS) is 11.4. The first-order valence-corrected chi connectivity index (χ1v) is 9.49. The van der Waals surface area contributed by atoms with Gasteiger partial charge in [0.25, 0.3) is 5.91 Å². The maximum Gasteiger partial charge on any atom is 0.281 e. The highest BCUT2D eigenvalue weighted by molar-refractivity contribution is 9.10. The predicted octanol–water partition coefficient (Wildman–Crippen LogP) is 3.55. The van der Waals surface area contributed by atoms with E-state index in [0.29, 0.717) is 21.2 Å². The highest BCUT2D eigenvalue weighted by Gasteiger charge is 2.39. The van der Waals surface area contributed by atoms with Crippen LogP contribution < -0.4 is 10.2 Å². The Kier molecular flexibility index (Phi) is 6.31. The zero-order chi connectivity index (χ0) is 20.9. The van der Waals surface area contributed by atoms with Gasteiger partial charge < -0.3 is 14.9 Å². The largest absolute Gasteiger partial charge is 0.504 e. The molecular weight excluding hydrogens is 436 g/mol. The molecule has 0 aliphatic heterocycles. The fourth-order valence-electron chi connectivity index (χ4n) is 2.88. The van der Waals surface area contributed by atoms with Gasteiger partial charge >= 0.3 is 0 Å². The summed E-state index contributed by atoms with van der Waals surface area (Å²) in [5.41, 5.74) is 1.58. The molecule has 0 unspecified atom stereocenters. The number of nitrogens with one attached hydrogen (secondary N) is 1. The van der Waals surface area contributed by atoms with Crippen LogP contribution in [0, 0.1) is 0 Å². The smallest absolute Gasteiger partial charge is 0.281 e. The summed E-state index contributed by atoms with van der Waals surface area (Å²) in [5, 5.41) is 25.4. The number of carbonyl (C=O) groups excluding carboxylic acids is 1. The number of hydrogen-bond donors (Lipinski definition) is 3. The average molecular weight is 455 g/mol. The Labute approximate surface area is 176 Å². The molecule has 0 bridgehead atoms. The molecule has 3 aromatic rings. The molecular formula is C22H19BrN2O4. The quantitative estimate of drug-likeness (QED) is 0.392. The fourth-order valence-corrected chi connectivity index (χ4v) is 3.33. The van der Waals surface area contributed by atoms with Crippen molar-refractivity contribution >= 4 is 28.1 Å². The molecule has 0 radical (unpaired) electrons. The number of halogens is 1. The van der Waals surface area contributed by atoms with Crippen LogP contribution in [0.15, 0.2) is 82.4 Å². The molecule has 0 saturated carbocycles. The third-order valence-corrected chi connectivity index (χ3v) is 4.83. The lowest BCUT2D eigenvalue weighted by Crippen LogP contribution is -2.43. The Morgan fingerprint density at radius 3 is 2.14 bits per heavy atom. The van der Waals surface area contributed by atoms with Crippen LogP contribution >= 0.6 is 15.9 Å². The van der Waals surface area contributed by atoms with Gasteiger partial charge in [-0.15, -0.1) is 0 Å². The van der Waals surface area contributed by atoms with Gasteiger partial charge in [0, 0.05) is 10.0 Å². The van der Waals surface area contributed by atoms with Crippen LogP contribution in [0.5, 0.6) is 11.5 Å². The van der Waals surface area contributed by atoms with E-state index in [1.165, 1.54) is 13.3 Å². The van der Waals surface area contributed by atoms with Gasteiger partial charge in [-0.3, -0.25) is 4.79 Å². The molecule has 3 rings (SSSR count). The maximum absolute atomic E-state index is 13.0. The zero-order valence-corrected chi connectivity index (χ0v) is 17.1. The third-order valence-electron chi connectivity index (χ3n) is 4.37. The number of hydrazone groups is 1. The number of rotatable bonds is 6. The van der Waals surface area contributed by atoms with Gasteiger partial charge in [-0.25, -0.2) is 5.43 Å². The standard InChI is InChI=1S/C22H19BrN2O4/c1-29-19-13-18(23)12-15(20(19)26)14-24-25-21(27)22(28,16-8-4-2-5-9-16)17-10-6-3-7-11-17/h2-14,26,28H,1H3,(H,25,27)/b24-14-. The first-order chi connectivity index (χ1) is 14.0. The fraction of sp³-hybridized carbons (Fsp3) is 0.0909. The van der Waals surface area contributed by atoms with E-state index in [4.69, 9.17) is 4.74 Å². The number of benzene rings is 3. The minimum absolute atomic E-state index is 0.116. The van der Waals surface area contributed by atoms with E-state index in [9.17, 15) is 15.0 Å². The van der Waals surface area contributed by atoms with Crippen molar-refractivity contribution in [3.8, 4) is 11.5 Å². The summed E-state index contributed by atoms with van der Waals surface area (Å²) in [6.45, 7) is 0. The van der Waals surface area contributed by atoms with Gasteiger partial charge in [-0.2, -0.15) is 5.10 Å². The number of nitrogens with zero attached hydrogens (tertiary/aromatic N) is 1. The molecule has 0 spiro atoms. The minimum Gasteiger partial charge on any atom is -0.504 e. The first-order valence-electron chi connectivity index (χ1n) is 8.70. The zero-order valence-electron chi connectivity index (χ0n) is 15.5. The summed E-state index contributed by atoms with van der Waals surface area (Å²) in [7, 11) is 1.43. The second-order valence-corrected chi connectivity index (χ2v) is 7.10. The number of amides is 1. The van der Waals surface area contributed by atoms with E-state index in [0.717, 1.165) is 0 Å². The molecule has 0 aliphatic rings. The predicted molar refractivity (Wildman–Crippen MR) is 114 cm³/mol. The molecule has 3 aromatic carbocycles. The van der Waals surface area contributed by atoms with E-state index in [1.807, 2.05) is 0 Å². The maximum atomic E-state index is 13.0.